The quantitative estimate of drug-likeness (QED) is 0.434. The van der Waals surface area contributed by atoms with Crippen LogP contribution < -0.4 is 0 Å². The van der Waals surface area contributed by atoms with E-state index in [0.717, 1.165) is 0 Å². The Kier molecular flexibility index (Phi) is 3.03. The van der Waals surface area contributed by atoms with Gasteiger partial charge < -0.3 is 4.52 Å². The molecule has 3 heteroatoms. The van der Waals surface area contributed by atoms with Crippen LogP contribution in [0.15, 0.2) is 12.7 Å². The molecule has 0 aliphatic carbocycles. The molecule has 48 valence electrons. The van der Waals surface area contributed by atoms with Crippen LogP contribution in [-0.2, 0) is 9.09 Å². The maximum Gasteiger partial charge on any atom is 0.203 e. The van der Waals surface area contributed by atoms with E-state index in [2.05, 4.69) is 11.1 Å². The molecule has 2 nitrogen and oxygen atoms in total. The molecule has 0 rings (SSSR count). The smallest absolute Gasteiger partial charge is 0.203 e. The van der Waals surface area contributed by atoms with Crippen LogP contribution in [0.4, 0.5) is 0 Å². The maximum atomic E-state index is 10.9. The lowest BCUT2D eigenvalue weighted by atomic mass is 10.8. The molecule has 0 heterocycles. The highest BCUT2D eigenvalue weighted by molar-refractivity contribution is 7.58. The van der Waals surface area contributed by atoms with E-state index < -0.39 is 7.37 Å². The highest BCUT2D eigenvalue weighted by Crippen LogP contribution is 2.40. The Bertz CT molecular complexity index is 120. The average Bonchev–Trinajstić information content (AvgIpc) is 1.67. The lowest BCUT2D eigenvalue weighted by Crippen LogP contribution is -1.84. The predicted octanol–water partition coefficient (Wildman–Crippen LogP) is 1.73. The van der Waals surface area contributed by atoms with E-state index in [1.165, 1.54) is 7.11 Å². The third-order valence-electron chi connectivity index (χ3n) is 0.847. The summed E-state index contributed by atoms with van der Waals surface area (Å²) in [6.45, 7) is 5.03. The van der Waals surface area contributed by atoms with E-state index in [-0.39, 0.29) is 0 Å². The van der Waals surface area contributed by atoms with Gasteiger partial charge >= 0.3 is 0 Å². The molecule has 0 aliphatic heterocycles. The molecule has 8 heavy (non-hydrogen) atoms. The van der Waals surface area contributed by atoms with Crippen LogP contribution >= 0.6 is 7.37 Å². The summed E-state index contributed by atoms with van der Waals surface area (Å²) in [6, 6.07) is 0. The number of hydrogen-bond acceptors (Lipinski definition) is 2. The zero-order chi connectivity index (χ0) is 6.62. The minimum absolute atomic E-state index is 0.462. The minimum Gasteiger partial charge on any atom is -0.332 e. The molecule has 0 N–H and O–H groups in total. The Balaban J connectivity index is 3.72. The number of allylic oxidation sites excluding steroid dienone is 1. The topological polar surface area (TPSA) is 26.3 Å². The van der Waals surface area contributed by atoms with E-state index in [1.54, 1.807) is 12.7 Å². The third kappa shape index (κ3) is 3.00. The van der Waals surface area contributed by atoms with Crippen molar-refractivity contribution in [3.63, 3.8) is 0 Å². The summed E-state index contributed by atoms with van der Waals surface area (Å²) < 4.78 is 15.6. The molecular weight excluding hydrogens is 123 g/mol. The monoisotopic (exact) mass is 134 g/mol. The van der Waals surface area contributed by atoms with Crippen molar-refractivity contribution in [3.8, 4) is 0 Å². The summed E-state index contributed by atoms with van der Waals surface area (Å²) in [5, 5.41) is 0. The Hall–Kier alpha value is -0.0700. The first kappa shape index (κ1) is 7.93. The largest absolute Gasteiger partial charge is 0.332 e. The summed E-state index contributed by atoms with van der Waals surface area (Å²) in [4.78, 5) is 0. The standard InChI is InChI=1S/C5H11O2P/c1-4-5-8(3,6)7-2/h4H,1,5H2,2-3H3. The zero-order valence-corrected chi connectivity index (χ0v) is 6.15. The van der Waals surface area contributed by atoms with E-state index in [1.807, 2.05) is 0 Å². The summed E-state index contributed by atoms with van der Waals surface area (Å²) >= 11 is 0. The van der Waals surface area contributed by atoms with Gasteiger partial charge in [0, 0.05) is 19.9 Å². The second-order valence-corrected chi connectivity index (χ2v) is 4.43. The molecule has 0 aliphatic rings. The molecule has 0 fully saturated rings. The van der Waals surface area contributed by atoms with Gasteiger partial charge in [-0.3, -0.25) is 4.57 Å². The molecule has 0 bridgehead atoms. The summed E-state index contributed by atoms with van der Waals surface area (Å²) in [5.41, 5.74) is 0. The first-order chi connectivity index (χ1) is 3.62. The van der Waals surface area contributed by atoms with Gasteiger partial charge in [-0.1, -0.05) is 6.08 Å². The van der Waals surface area contributed by atoms with Crippen LogP contribution in [0.3, 0.4) is 0 Å². The number of rotatable bonds is 3. The van der Waals surface area contributed by atoms with Crippen molar-refractivity contribution in [2.75, 3.05) is 19.9 Å². The van der Waals surface area contributed by atoms with E-state index in [4.69, 9.17) is 0 Å². The molecule has 0 aromatic heterocycles. The maximum absolute atomic E-state index is 10.9. The van der Waals surface area contributed by atoms with Crippen LogP contribution in [0.2, 0.25) is 0 Å². The van der Waals surface area contributed by atoms with Crippen molar-refractivity contribution in [2.24, 2.45) is 0 Å². The van der Waals surface area contributed by atoms with Gasteiger partial charge in [0.2, 0.25) is 7.37 Å². The molecule has 0 saturated carbocycles. The van der Waals surface area contributed by atoms with Crippen LogP contribution in [0.25, 0.3) is 0 Å². The highest BCUT2D eigenvalue weighted by Gasteiger charge is 2.08. The molecule has 1 unspecified atom stereocenters. The second-order valence-electron chi connectivity index (χ2n) is 1.67. The highest BCUT2D eigenvalue weighted by atomic mass is 31.2. The molecule has 0 radical (unpaired) electrons. The molecule has 0 aromatic carbocycles. The van der Waals surface area contributed by atoms with Crippen molar-refractivity contribution in [1.29, 1.82) is 0 Å². The SMILES string of the molecule is C=CCP(C)(=O)OC. The number of hydrogen-bond donors (Lipinski definition) is 0. The normalized spacial score (nSPS) is 17.2. The fourth-order valence-electron chi connectivity index (χ4n) is 0.309. The predicted molar refractivity (Wildman–Crippen MR) is 35.6 cm³/mol. The van der Waals surface area contributed by atoms with Crippen molar-refractivity contribution >= 4 is 7.37 Å². The molecule has 0 amide bonds. The van der Waals surface area contributed by atoms with Gasteiger partial charge in [-0.15, -0.1) is 6.58 Å². The van der Waals surface area contributed by atoms with Gasteiger partial charge in [-0.25, -0.2) is 0 Å². The molecular formula is C5H11O2P. The molecule has 0 aromatic rings. The first-order valence-corrected chi connectivity index (χ1v) is 4.61. The van der Waals surface area contributed by atoms with Gasteiger partial charge in [0.15, 0.2) is 0 Å². The Labute approximate surface area is 50.0 Å². The van der Waals surface area contributed by atoms with Gasteiger partial charge in [0.25, 0.3) is 0 Å². The van der Waals surface area contributed by atoms with Crippen molar-refractivity contribution in [1.82, 2.24) is 0 Å². The fourth-order valence-corrected chi connectivity index (χ4v) is 0.927. The lowest BCUT2D eigenvalue weighted by molar-refractivity contribution is 0.401. The summed E-state index contributed by atoms with van der Waals surface area (Å²) in [5.74, 6) is 0. The Morgan fingerprint density at radius 2 is 2.38 bits per heavy atom. The molecule has 0 spiro atoms. The van der Waals surface area contributed by atoms with Gasteiger partial charge in [-0.05, 0) is 0 Å². The van der Waals surface area contributed by atoms with Crippen LogP contribution in [0.1, 0.15) is 0 Å². The van der Waals surface area contributed by atoms with E-state index in [9.17, 15) is 4.57 Å². The van der Waals surface area contributed by atoms with Crippen LogP contribution in [-0.4, -0.2) is 19.9 Å². The van der Waals surface area contributed by atoms with E-state index >= 15 is 0 Å². The van der Waals surface area contributed by atoms with E-state index in [0.29, 0.717) is 6.16 Å². The average molecular weight is 134 g/mol. The Morgan fingerprint density at radius 1 is 1.88 bits per heavy atom. The lowest BCUT2D eigenvalue weighted by Gasteiger charge is -2.04. The van der Waals surface area contributed by atoms with Gasteiger partial charge in [-0.2, -0.15) is 0 Å². The Morgan fingerprint density at radius 3 is 2.50 bits per heavy atom. The van der Waals surface area contributed by atoms with Crippen LogP contribution in [0, 0.1) is 0 Å². The molecule has 1 atom stereocenters. The zero-order valence-electron chi connectivity index (χ0n) is 5.26. The minimum atomic E-state index is -2.29. The fraction of sp³-hybridized carbons (Fsp3) is 0.600. The molecule has 0 saturated heterocycles. The van der Waals surface area contributed by atoms with Crippen molar-refractivity contribution in [2.45, 2.75) is 0 Å². The van der Waals surface area contributed by atoms with Crippen molar-refractivity contribution < 1.29 is 9.09 Å². The van der Waals surface area contributed by atoms with Gasteiger partial charge in [0.05, 0.1) is 0 Å². The second kappa shape index (κ2) is 3.06. The first-order valence-electron chi connectivity index (χ1n) is 2.35. The van der Waals surface area contributed by atoms with Crippen molar-refractivity contribution in [3.05, 3.63) is 12.7 Å². The third-order valence-corrected chi connectivity index (χ3v) is 2.54. The summed E-state index contributed by atoms with van der Waals surface area (Å²) in [7, 11) is -0.843. The van der Waals surface area contributed by atoms with Crippen LogP contribution in [0.5, 0.6) is 0 Å². The van der Waals surface area contributed by atoms with Gasteiger partial charge in [0.1, 0.15) is 0 Å². The summed E-state index contributed by atoms with van der Waals surface area (Å²) in [6.07, 6.45) is 2.06.